The van der Waals surface area contributed by atoms with E-state index in [1.54, 1.807) is 24.5 Å². The minimum atomic E-state index is -0.0304. The van der Waals surface area contributed by atoms with Crippen LogP contribution in [0, 0.1) is 0 Å². The van der Waals surface area contributed by atoms with Crippen molar-refractivity contribution in [3.8, 4) is 0 Å². The van der Waals surface area contributed by atoms with Gasteiger partial charge >= 0.3 is 0 Å². The Kier molecular flexibility index (Phi) is 3.98. The van der Waals surface area contributed by atoms with Gasteiger partial charge < -0.3 is 10.3 Å². The van der Waals surface area contributed by atoms with Crippen molar-refractivity contribution < 1.29 is 4.79 Å². The second-order valence-electron chi connectivity index (χ2n) is 6.25. The molecule has 0 amide bonds. The van der Waals surface area contributed by atoms with Crippen molar-refractivity contribution in [3.63, 3.8) is 0 Å². The molecule has 2 aromatic heterocycles. The molecule has 2 N–H and O–H groups in total. The van der Waals surface area contributed by atoms with Crippen LogP contribution >= 0.6 is 11.6 Å². The number of H-pyrrole nitrogens is 1. The molecule has 1 fully saturated rings. The van der Waals surface area contributed by atoms with E-state index in [1.165, 1.54) is 12.8 Å². The molecule has 0 spiro atoms. The van der Waals surface area contributed by atoms with E-state index in [2.05, 4.69) is 15.3 Å². The van der Waals surface area contributed by atoms with Crippen LogP contribution in [-0.4, -0.2) is 21.8 Å². The number of anilines is 1. The zero-order chi connectivity index (χ0) is 16.5. The predicted molar refractivity (Wildman–Crippen MR) is 96.9 cm³/mol. The second kappa shape index (κ2) is 6.29. The van der Waals surface area contributed by atoms with Gasteiger partial charge in [-0.25, -0.2) is 4.98 Å². The van der Waals surface area contributed by atoms with E-state index in [1.807, 2.05) is 18.2 Å². The Bertz CT molecular complexity index is 897. The maximum absolute atomic E-state index is 13.1. The van der Waals surface area contributed by atoms with E-state index in [0.29, 0.717) is 28.0 Å². The molecule has 1 saturated carbocycles. The molecule has 0 radical (unpaired) electrons. The van der Waals surface area contributed by atoms with E-state index < -0.39 is 0 Å². The Morgan fingerprint density at radius 2 is 2.04 bits per heavy atom. The molecule has 4 rings (SSSR count). The summed E-state index contributed by atoms with van der Waals surface area (Å²) < 4.78 is 0. The molecule has 0 atom stereocenters. The van der Waals surface area contributed by atoms with Gasteiger partial charge in [0.25, 0.3) is 0 Å². The van der Waals surface area contributed by atoms with Gasteiger partial charge in [-0.2, -0.15) is 0 Å². The summed E-state index contributed by atoms with van der Waals surface area (Å²) in [6.45, 7) is 0. The number of halogens is 1. The number of aromatic nitrogens is 2. The Morgan fingerprint density at radius 3 is 2.88 bits per heavy atom. The van der Waals surface area contributed by atoms with Gasteiger partial charge in [0.1, 0.15) is 5.82 Å². The monoisotopic (exact) mass is 339 g/mol. The van der Waals surface area contributed by atoms with Crippen molar-refractivity contribution in [1.82, 2.24) is 9.97 Å². The highest BCUT2D eigenvalue weighted by Crippen LogP contribution is 2.27. The number of hydrogen-bond donors (Lipinski definition) is 2. The number of fused-ring (bicyclic) bond motifs is 1. The third kappa shape index (κ3) is 2.78. The summed E-state index contributed by atoms with van der Waals surface area (Å²) in [5.74, 6) is 0.648. The number of pyridine rings is 1. The third-order valence-electron chi connectivity index (χ3n) is 4.64. The number of hydrogen-bond acceptors (Lipinski definition) is 3. The summed E-state index contributed by atoms with van der Waals surface area (Å²) in [6.07, 6.45) is 8.21. The first-order valence-corrected chi connectivity index (χ1v) is 8.63. The Morgan fingerprint density at radius 1 is 1.21 bits per heavy atom. The molecule has 0 aliphatic heterocycles. The topological polar surface area (TPSA) is 57.8 Å². The van der Waals surface area contributed by atoms with Crippen LogP contribution in [-0.2, 0) is 0 Å². The average Bonchev–Trinajstić information content (AvgIpc) is 3.24. The van der Waals surface area contributed by atoms with E-state index in [0.717, 1.165) is 23.7 Å². The lowest BCUT2D eigenvalue weighted by Crippen LogP contribution is -2.18. The molecule has 0 saturated heterocycles. The number of aromatic amines is 1. The lowest BCUT2D eigenvalue weighted by Gasteiger charge is -2.15. The van der Waals surface area contributed by atoms with Crippen molar-refractivity contribution in [2.75, 3.05) is 5.32 Å². The van der Waals surface area contributed by atoms with Crippen LogP contribution in [0.2, 0.25) is 5.02 Å². The van der Waals surface area contributed by atoms with Crippen LogP contribution in [0.3, 0.4) is 0 Å². The van der Waals surface area contributed by atoms with Gasteiger partial charge in [-0.3, -0.25) is 4.79 Å². The molecule has 0 unspecified atom stereocenters. The van der Waals surface area contributed by atoms with Gasteiger partial charge in [0.15, 0.2) is 5.78 Å². The van der Waals surface area contributed by atoms with Crippen molar-refractivity contribution in [3.05, 3.63) is 58.9 Å². The van der Waals surface area contributed by atoms with Crippen LogP contribution in [0.5, 0.6) is 0 Å². The van der Waals surface area contributed by atoms with Crippen LogP contribution in [0.25, 0.3) is 10.9 Å². The van der Waals surface area contributed by atoms with Crippen molar-refractivity contribution >= 4 is 34.1 Å². The highest BCUT2D eigenvalue weighted by molar-refractivity contribution is 6.31. The number of ketones is 1. The first-order chi connectivity index (χ1) is 11.7. The zero-order valence-corrected chi connectivity index (χ0v) is 13.9. The Balaban J connectivity index is 1.71. The largest absolute Gasteiger partial charge is 0.367 e. The normalized spacial score (nSPS) is 15.0. The fourth-order valence-corrected chi connectivity index (χ4v) is 3.57. The fraction of sp³-hybridized carbons (Fsp3) is 0.263. The van der Waals surface area contributed by atoms with Gasteiger partial charge in [0, 0.05) is 39.9 Å². The summed E-state index contributed by atoms with van der Waals surface area (Å²) in [5.41, 5.74) is 2.12. The maximum atomic E-state index is 13.1. The van der Waals surface area contributed by atoms with E-state index in [-0.39, 0.29) is 5.78 Å². The molecule has 24 heavy (non-hydrogen) atoms. The maximum Gasteiger partial charge on any atom is 0.198 e. The molecule has 0 bridgehead atoms. The van der Waals surface area contributed by atoms with Crippen molar-refractivity contribution in [1.29, 1.82) is 0 Å². The minimum Gasteiger partial charge on any atom is -0.367 e. The number of carbonyl (C=O) groups is 1. The van der Waals surface area contributed by atoms with E-state index in [4.69, 9.17) is 11.6 Å². The van der Waals surface area contributed by atoms with Gasteiger partial charge in [0.05, 0.1) is 5.56 Å². The van der Waals surface area contributed by atoms with Gasteiger partial charge in [-0.15, -0.1) is 0 Å². The number of carbonyl (C=O) groups excluding carboxylic acids is 1. The van der Waals surface area contributed by atoms with Crippen molar-refractivity contribution in [2.24, 2.45) is 0 Å². The minimum absolute atomic E-state index is 0.0304. The zero-order valence-electron chi connectivity index (χ0n) is 13.2. The number of benzene rings is 1. The molecular formula is C19H18ClN3O. The van der Waals surface area contributed by atoms with E-state index in [9.17, 15) is 4.79 Å². The molecule has 1 aliphatic carbocycles. The molecular weight excluding hydrogens is 322 g/mol. The SMILES string of the molecule is O=C(c1cccnc1NC1CCCC1)c1c[nH]c2cc(Cl)ccc12. The molecule has 1 aromatic carbocycles. The summed E-state index contributed by atoms with van der Waals surface area (Å²) in [6, 6.07) is 9.56. The van der Waals surface area contributed by atoms with Crippen molar-refractivity contribution in [2.45, 2.75) is 31.7 Å². The first-order valence-electron chi connectivity index (χ1n) is 8.25. The second-order valence-corrected chi connectivity index (χ2v) is 6.68. The lowest BCUT2D eigenvalue weighted by atomic mass is 10.0. The van der Waals surface area contributed by atoms with Gasteiger partial charge in [0.2, 0.25) is 0 Å². The summed E-state index contributed by atoms with van der Waals surface area (Å²) >= 11 is 6.02. The average molecular weight is 340 g/mol. The summed E-state index contributed by atoms with van der Waals surface area (Å²) in [4.78, 5) is 20.6. The third-order valence-corrected chi connectivity index (χ3v) is 4.87. The van der Waals surface area contributed by atoms with Crippen LogP contribution in [0.15, 0.2) is 42.7 Å². The number of rotatable bonds is 4. The summed E-state index contributed by atoms with van der Waals surface area (Å²) in [5, 5.41) is 4.97. The molecule has 122 valence electrons. The smallest absolute Gasteiger partial charge is 0.198 e. The molecule has 4 nitrogen and oxygen atoms in total. The van der Waals surface area contributed by atoms with Gasteiger partial charge in [-0.05, 0) is 37.1 Å². The van der Waals surface area contributed by atoms with Crippen LogP contribution in [0.1, 0.15) is 41.6 Å². The highest BCUT2D eigenvalue weighted by atomic mass is 35.5. The molecule has 2 heterocycles. The highest BCUT2D eigenvalue weighted by Gasteiger charge is 2.21. The molecule has 5 heteroatoms. The summed E-state index contributed by atoms with van der Waals surface area (Å²) in [7, 11) is 0. The quantitative estimate of drug-likeness (QED) is 0.671. The van der Waals surface area contributed by atoms with Crippen LogP contribution < -0.4 is 5.32 Å². The Hall–Kier alpha value is -2.33. The molecule has 1 aliphatic rings. The standard InChI is InChI=1S/C19H18ClN3O/c20-12-7-8-14-16(11-22-17(14)10-12)18(24)15-6-3-9-21-19(15)23-13-4-1-2-5-13/h3,6-11,13,22H,1-2,4-5H2,(H,21,23). The van der Waals surface area contributed by atoms with Crippen LogP contribution in [0.4, 0.5) is 5.82 Å². The number of nitrogens with zero attached hydrogens (tertiary/aromatic N) is 1. The Labute approximate surface area is 145 Å². The van der Waals surface area contributed by atoms with Gasteiger partial charge in [-0.1, -0.05) is 30.5 Å². The lowest BCUT2D eigenvalue weighted by molar-refractivity contribution is 0.104. The predicted octanol–water partition coefficient (Wildman–Crippen LogP) is 4.80. The van der Waals surface area contributed by atoms with E-state index >= 15 is 0 Å². The fourth-order valence-electron chi connectivity index (χ4n) is 3.40. The number of nitrogens with one attached hydrogen (secondary N) is 2. The molecule has 3 aromatic rings. The first kappa shape index (κ1) is 15.2.